The van der Waals surface area contributed by atoms with E-state index in [4.69, 9.17) is 4.74 Å². The van der Waals surface area contributed by atoms with Crippen LogP contribution in [0.15, 0.2) is 30.6 Å². The van der Waals surface area contributed by atoms with Gasteiger partial charge in [-0.2, -0.15) is 0 Å². The van der Waals surface area contributed by atoms with Crippen molar-refractivity contribution in [2.45, 2.75) is 0 Å². The lowest BCUT2D eigenvalue weighted by atomic mass is 10.1. The van der Waals surface area contributed by atoms with Crippen LogP contribution in [0.1, 0.15) is 0 Å². The fraction of sp³-hybridized carbons (Fsp3) is 0.333. The maximum absolute atomic E-state index is 14.0. The van der Waals surface area contributed by atoms with E-state index in [1.807, 2.05) is 0 Å². The van der Waals surface area contributed by atoms with Crippen LogP contribution in [0, 0.1) is 5.82 Å². The van der Waals surface area contributed by atoms with Crippen LogP contribution < -0.4 is 15.0 Å². The van der Waals surface area contributed by atoms with Gasteiger partial charge in [-0.1, -0.05) is 6.07 Å². The molecule has 1 N–H and O–H groups in total. The molecule has 1 aliphatic rings. The minimum Gasteiger partial charge on any atom is -0.496 e. The predicted molar refractivity (Wildman–Crippen MR) is 79.1 cm³/mol. The summed E-state index contributed by atoms with van der Waals surface area (Å²) in [6.07, 6.45) is 3.29. The van der Waals surface area contributed by atoms with Gasteiger partial charge in [-0.3, -0.25) is 0 Å². The third kappa shape index (κ3) is 2.80. The first-order valence-corrected chi connectivity index (χ1v) is 6.90. The van der Waals surface area contributed by atoms with Crippen LogP contribution in [0.4, 0.5) is 10.3 Å². The molecule has 0 spiro atoms. The second-order valence-electron chi connectivity index (χ2n) is 4.83. The highest BCUT2D eigenvalue weighted by molar-refractivity contribution is 5.70. The minimum atomic E-state index is -0.340. The zero-order valence-corrected chi connectivity index (χ0v) is 11.8. The average Bonchev–Trinajstić information content (AvgIpc) is 2.55. The molecule has 1 aromatic heterocycles. The van der Waals surface area contributed by atoms with Crippen molar-refractivity contribution in [2.24, 2.45) is 0 Å². The molecule has 0 bridgehead atoms. The Morgan fingerprint density at radius 1 is 1.19 bits per heavy atom. The predicted octanol–water partition coefficient (Wildman–Crippen LogP) is 1.70. The molecule has 2 aromatic rings. The van der Waals surface area contributed by atoms with Gasteiger partial charge < -0.3 is 15.0 Å². The van der Waals surface area contributed by atoms with Gasteiger partial charge in [0.1, 0.15) is 11.6 Å². The van der Waals surface area contributed by atoms with Gasteiger partial charge in [0.2, 0.25) is 5.95 Å². The van der Waals surface area contributed by atoms with E-state index in [1.54, 1.807) is 24.5 Å². The van der Waals surface area contributed by atoms with E-state index in [9.17, 15) is 4.39 Å². The fourth-order valence-corrected chi connectivity index (χ4v) is 2.43. The lowest BCUT2D eigenvalue weighted by Gasteiger charge is -2.27. The molecule has 1 aliphatic heterocycles. The summed E-state index contributed by atoms with van der Waals surface area (Å²) >= 11 is 0. The van der Waals surface area contributed by atoms with E-state index < -0.39 is 0 Å². The van der Waals surface area contributed by atoms with Crippen LogP contribution in [0.25, 0.3) is 11.1 Å². The summed E-state index contributed by atoms with van der Waals surface area (Å²) in [6.45, 7) is 3.60. The van der Waals surface area contributed by atoms with Crippen LogP contribution in [0.2, 0.25) is 0 Å². The molecular weight excluding hydrogens is 271 g/mol. The van der Waals surface area contributed by atoms with Crippen molar-refractivity contribution in [3.05, 3.63) is 36.4 Å². The number of benzene rings is 1. The van der Waals surface area contributed by atoms with Gasteiger partial charge in [-0.05, 0) is 12.1 Å². The maximum atomic E-state index is 14.0. The lowest BCUT2D eigenvalue weighted by molar-refractivity contribution is 0.413. The van der Waals surface area contributed by atoms with E-state index in [1.165, 1.54) is 13.2 Å². The Hall–Kier alpha value is -2.21. The van der Waals surface area contributed by atoms with Crippen LogP contribution in [-0.2, 0) is 0 Å². The molecule has 5 nitrogen and oxygen atoms in total. The van der Waals surface area contributed by atoms with E-state index in [0.717, 1.165) is 26.2 Å². The number of hydrogen-bond donors (Lipinski definition) is 1. The second-order valence-corrected chi connectivity index (χ2v) is 4.83. The SMILES string of the molecule is COc1cccc(F)c1-c1cnc(N2CCNCC2)nc1. The third-order valence-electron chi connectivity index (χ3n) is 3.52. The van der Waals surface area contributed by atoms with E-state index in [-0.39, 0.29) is 5.82 Å². The Kier molecular flexibility index (Phi) is 3.96. The van der Waals surface area contributed by atoms with Gasteiger partial charge in [-0.25, -0.2) is 14.4 Å². The molecule has 1 aromatic carbocycles. The van der Waals surface area contributed by atoms with E-state index in [2.05, 4.69) is 20.2 Å². The highest BCUT2D eigenvalue weighted by Crippen LogP contribution is 2.31. The summed E-state index contributed by atoms with van der Waals surface area (Å²) in [5.74, 6) is 0.817. The summed E-state index contributed by atoms with van der Waals surface area (Å²) in [5, 5.41) is 3.28. The molecule has 0 unspecified atom stereocenters. The number of piperazine rings is 1. The van der Waals surface area contributed by atoms with Gasteiger partial charge in [0, 0.05) is 44.1 Å². The summed E-state index contributed by atoms with van der Waals surface area (Å²) < 4.78 is 19.2. The van der Waals surface area contributed by atoms with Gasteiger partial charge >= 0.3 is 0 Å². The smallest absolute Gasteiger partial charge is 0.225 e. The Labute approximate surface area is 122 Å². The Morgan fingerprint density at radius 2 is 1.90 bits per heavy atom. The largest absolute Gasteiger partial charge is 0.496 e. The van der Waals surface area contributed by atoms with Crippen molar-refractivity contribution < 1.29 is 9.13 Å². The maximum Gasteiger partial charge on any atom is 0.225 e. The molecule has 6 heteroatoms. The van der Waals surface area contributed by atoms with Crippen LogP contribution in [0.3, 0.4) is 0 Å². The van der Waals surface area contributed by atoms with Crippen molar-refractivity contribution in [3.63, 3.8) is 0 Å². The van der Waals surface area contributed by atoms with Crippen molar-refractivity contribution >= 4 is 5.95 Å². The topological polar surface area (TPSA) is 50.3 Å². The molecule has 0 radical (unpaired) electrons. The number of ether oxygens (including phenoxy) is 1. The van der Waals surface area contributed by atoms with Gasteiger partial charge in [0.05, 0.1) is 12.7 Å². The van der Waals surface area contributed by atoms with Crippen molar-refractivity contribution in [2.75, 3.05) is 38.2 Å². The molecule has 0 saturated carbocycles. The number of halogens is 1. The zero-order chi connectivity index (χ0) is 14.7. The first-order valence-electron chi connectivity index (χ1n) is 6.90. The molecule has 21 heavy (non-hydrogen) atoms. The van der Waals surface area contributed by atoms with Crippen molar-refractivity contribution in [1.82, 2.24) is 15.3 Å². The quantitative estimate of drug-likeness (QED) is 0.931. The van der Waals surface area contributed by atoms with Gasteiger partial charge in [-0.15, -0.1) is 0 Å². The molecule has 1 fully saturated rings. The lowest BCUT2D eigenvalue weighted by Crippen LogP contribution is -2.44. The fourth-order valence-electron chi connectivity index (χ4n) is 2.43. The van der Waals surface area contributed by atoms with E-state index >= 15 is 0 Å². The van der Waals surface area contributed by atoms with Crippen molar-refractivity contribution in [3.8, 4) is 16.9 Å². The zero-order valence-electron chi connectivity index (χ0n) is 11.8. The van der Waals surface area contributed by atoms with Crippen LogP contribution in [-0.4, -0.2) is 43.3 Å². The molecule has 1 saturated heterocycles. The highest BCUT2D eigenvalue weighted by atomic mass is 19.1. The number of anilines is 1. The first kappa shape index (κ1) is 13.8. The number of nitrogens with zero attached hydrogens (tertiary/aromatic N) is 3. The molecule has 2 heterocycles. The molecular formula is C15H17FN4O. The number of rotatable bonds is 3. The second kappa shape index (κ2) is 6.05. The number of methoxy groups -OCH3 is 1. The first-order chi connectivity index (χ1) is 10.3. The minimum absolute atomic E-state index is 0.340. The Bertz CT molecular complexity index is 612. The third-order valence-corrected chi connectivity index (χ3v) is 3.52. The van der Waals surface area contributed by atoms with Crippen LogP contribution >= 0.6 is 0 Å². The van der Waals surface area contributed by atoms with Crippen molar-refractivity contribution in [1.29, 1.82) is 0 Å². The summed E-state index contributed by atoms with van der Waals surface area (Å²) in [4.78, 5) is 10.8. The molecule has 0 aliphatic carbocycles. The standard InChI is InChI=1S/C15H17FN4O/c1-21-13-4-2-3-12(16)14(13)11-9-18-15(19-10-11)20-7-5-17-6-8-20/h2-4,9-10,17H,5-8H2,1H3. The highest BCUT2D eigenvalue weighted by Gasteiger charge is 2.15. The molecule has 110 valence electrons. The normalized spacial score (nSPS) is 15.0. The summed E-state index contributed by atoms with van der Waals surface area (Å²) in [7, 11) is 1.52. The van der Waals surface area contributed by atoms with E-state index in [0.29, 0.717) is 22.8 Å². The number of aromatic nitrogens is 2. The molecule has 0 amide bonds. The Morgan fingerprint density at radius 3 is 2.57 bits per heavy atom. The monoisotopic (exact) mass is 288 g/mol. The average molecular weight is 288 g/mol. The van der Waals surface area contributed by atoms with Gasteiger partial charge in [0.15, 0.2) is 0 Å². The molecule has 3 rings (SSSR count). The number of nitrogens with one attached hydrogen (secondary N) is 1. The Balaban J connectivity index is 1.90. The molecule has 0 atom stereocenters. The number of hydrogen-bond acceptors (Lipinski definition) is 5. The summed E-state index contributed by atoms with van der Waals surface area (Å²) in [6, 6.07) is 4.75. The van der Waals surface area contributed by atoms with Crippen LogP contribution in [0.5, 0.6) is 5.75 Å². The van der Waals surface area contributed by atoms with Gasteiger partial charge in [0.25, 0.3) is 0 Å². The summed E-state index contributed by atoms with van der Waals surface area (Å²) in [5.41, 5.74) is 1.01.